The van der Waals surface area contributed by atoms with Crippen LogP contribution in [0, 0.1) is 6.92 Å². The fraction of sp³-hybridized carbons (Fsp3) is 0.353. The second-order valence-corrected chi connectivity index (χ2v) is 12.1. The third kappa shape index (κ3) is 6.76. The lowest BCUT2D eigenvalue weighted by atomic mass is 9.86. The van der Waals surface area contributed by atoms with E-state index in [4.69, 9.17) is 21.1 Å². The van der Waals surface area contributed by atoms with Crippen LogP contribution >= 0.6 is 11.6 Å². The van der Waals surface area contributed by atoms with E-state index in [0.29, 0.717) is 22.8 Å². The van der Waals surface area contributed by atoms with Crippen LogP contribution in [0.4, 0.5) is 0 Å². The van der Waals surface area contributed by atoms with Gasteiger partial charge in [-0.2, -0.15) is 0 Å². The van der Waals surface area contributed by atoms with Gasteiger partial charge in [-0.3, -0.25) is 4.79 Å². The minimum atomic E-state index is -0.749. The molecule has 0 saturated carbocycles. The topological polar surface area (TPSA) is 69.6 Å². The van der Waals surface area contributed by atoms with Crippen LogP contribution in [-0.4, -0.2) is 29.7 Å². The number of methoxy groups -OCH3 is 1. The van der Waals surface area contributed by atoms with Crippen LogP contribution in [0.25, 0.3) is 10.9 Å². The molecule has 0 aliphatic carbocycles. The summed E-state index contributed by atoms with van der Waals surface area (Å²) in [5.41, 5.74) is 7.17. The van der Waals surface area contributed by atoms with Crippen molar-refractivity contribution in [2.24, 2.45) is 7.05 Å². The number of carbonyl (C=O) groups excluding carboxylic acids is 2. The summed E-state index contributed by atoms with van der Waals surface area (Å²) in [5, 5.41) is 4.74. The molecule has 216 valence electrons. The number of esters is 1. The Kier molecular flexibility index (Phi) is 8.83. The molecule has 0 bridgehead atoms. The van der Waals surface area contributed by atoms with Crippen molar-refractivity contribution in [1.82, 2.24) is 9.88 Å². The smallest absolute Gasteiger partial charge is 0.346 e. The maximum absolute atomic E-state index is 13.2. The Morgan fingerprint density at radius 1 is 1.00 bits per heavy atom. The van der Waals surface area contributed by atoms with Gasteiger partial charge < -0.3 is 19.4 Å². The third-order valence-electron chi connectivity index (χ3n) is 7.67. The van der Waals surface area contributed by atoms with Gasteiger partial charge in [0, 0.05) is 40.7 Å². The van der Waals surface area contributed by atoms with Crippen LogP contribution in [0.5, 0.6) is 5.75 Å². The number of hydrogen-bond donors (Lipinski definition) is 1. The van der Waals surface area contributed by atoms with Gasteiger partial charge in [0.25, 0.3) is 5.91 Å². The standard InChI is InChI=1S/C34H39ClN2O4/c1-20(24-9-12-26(13-10-24)34(4,5)6)36-32(38)25-11-14-29-30(21(2)37(7)31(29)18-25)17-23-15-27(35)19-28(16-23)41-22(3)33(39)40-8/h9-16,18-20,22H,17H2,1-8H3,(H,36,38)/t20-,22-/m0/s1. The van der Waals surface area contributed by atoms with Gasteiger partial charge in [-0.15, -0.1) is 0 Å². The van der Waals surface area contributed by atoms with Crippen LogP contribution in [0.2, 0.25) is 5.02 Å². The summed E-state index contributed by atoms with van der Waals surface area (Å²) in [5.74, 6) is -0.0652. The lowest BCUT2D eigenvalue weighted by molar-refractivity contribution is -0.147. The second kappa shape index (κ2) is 12.0. The fourth-order valence-corrected chi connectivity index (χ4v) is 5.30. The molecular weight excluding hydrogens is 536 g/mol. The number of carbonyl (C=O) groups is 2. The van der Waals surface area contributed by atoms with E-state index in [1.165, 1.54) is 12.7 Å². The predicted octanol–water partition coefficient (Wildman–Crippen LogP) is 7.46. The number of nitrogens with one attached hydrogen (secondary N) is 1. The summed E-state index contributed by atoms with van der Waals surface area (Å²) in [6.07, 6.45) is -0.138. The summed E-state index contributed by atoms with van der Waals surface area (Å²) in [6.45, 7) is 12.3. The number of benzene rings is 3. The fourth-order valence-electron chi connectivity index (χ4n) is 5.05. The zero-order chi connectivity index (χ0) is 30.1. The summed E-state index contributed by atoms with van der Waals surface area (Å²) < 4.78 is 12.6. The van der Waals surface area contributed by atoms with E-state index < -0.39 is 12.1 Å². The molecule has 1 amide bonds. The van der Waals surface area contributed by atoms with Crippen molar-refractivity contribution in [2.45, 2.75) is 65.5 Å². The zero-order valence-corrected chi connectivity index (χ0v) is 25.8. The van der Waals surface area contributed by atoms with E-state index in [0.717, 1.165) is 33.3 Å². The first kappa shape index (κ1) is 30.2. The molecule has 2 atom stereocenters. The Bertz CT molecular complexity index is 1580. The van der Waals surface area contributed by atoms with Gasteiger partial charge >= 0.3 is 5.97 Å². The number of aryl methyl sites for hydroxylation is 1. The Hall–Kier alpha value is -3.77. The van der Waals surface area contributed by atoms with Gasteiger partial charge in [0.15, 0.2) is 6.10 Å². The molecule has 0 spiro atoms. The van der Waals surface area contributed by atoms with E-state index in [1.807, 2.05) is 44.3 Å². The van der Waals surface area contributed by atoms with Crippen molar-refractivity contribution in [2.75, 3.05) is 7.11 Å². The zero-order valence-electron chi connectivity index (χ0n) is 25.1. The maximum Gasteiger partial charge on any atom is 0.346 e. The predicted molar refractivity (Wildman–Crippen MR) is 165 cm³/mol. The molecule has 0 saturated heterocycles. The molecule has 6 nitrogen and oxygen atoms in total. The van der Waals surface area contributed by atoms with E-state index in [2.05, 4.69) is 61.8 Å². The number of amides is 1. The maximum atomic E-state index is 13.2. The number of ether oxygens (including phenoxy) is 2. The number of fused-ring (bicyclic) bond motifs is 1. The molecule has 0 unspecified atom stereocenters. The molecule has 4 rings (SSSR count). The van der Waals surface area contributed by atoms with Gasteiger partial charge in [-0.25, -0.2) is 4.79 Å². The Morgan fingerprint density at radius 3 is 2.32 bits per heavy atom. The highest BCUT2D eigenvalue weighted by Gasteiger charge is 2.19. The first-order valence-corrected chi connectivity index (χ1v) is 14.2. The molecule has 7 heteroatoms. The number of aromatic nitrogens is 1. The minimum absolute atomic E-state index is 0.0817. The molecule has 1 N–H and O–H groups in total. The Balaban J connectivity index is 1.55. The van der Waals surface area contributed by atoms with Crippen molar-refractivity contribution < 1.29 is 19.1 Å². The van der Waals surface area contributed by atoms with Crippen LogP contribution in [0.15, 0.2) is 60.7 Å². The van der Waals surface area contributed by atoms with Gasteiger partial charge in [0.05, 0.1) is 13.2 Å². The minimum Gasteiger partial charge on any atom is -0.479 e. The number of rotatable bonds is 8. The summed E-state index contributed by atoms with van der Waals surface area (Å²) in [6, 6.07) is 19.6. The summed E-state index contributed by atoms with van der Waals surface area (Å²) >= 11 is 6.40. The van der Waals surface area contributed by atoms with Crippen LogP contribution in [-0.2, 0) is 28.4 Å². The van der Waals surface area contributed by atoms with Gasteiger partial charge in [0.1, 0.15) is 5.75 Å². The largest absolute Gasteiger partial charge is 0.479 e. The van der Waals surface area contributed by atoms with Crippen LogP contribution in [0.1, 0.15) is 79.0 Å². The van der Waals surface area contributed by atoms with Crippen molar-refractivity contribution in [3.05, 3.63) is 99.2 Å². The molecule has 0 fully saturated rings. The molecule has 0 radical (unpaired) electrons. The average Bonchev–Trinajstić information content (AvgIpc) is 3.15. The van der Waals surface area contributed by atoms with Crippen LogP contribution in [0.3, 0.4) is 0 Å². The molecule has 0 aliphatic heterocycles. The van der Waals surface area contributed by atoms with E-state index in [9.17, 15) is 9.59 Å². The third-order valence-corrected chi connectivity index (χ3v) is 7.89. The Labute approximate surface area is 247 Å². The number of nitrogens with zero attached hydrogens (tertiary/aromatic N) is 1. The lowest BCUT2D eigenvalue weighted by Gasteiger charge is -2.20. The molecule has 41 heavy (non-hydrogen) atoms. The highest BCUT2D eigenvalue weighted by atomic mass is 35.5. The molecule has 1 heterocycles. The summed E-state index contributed by atoms with van der Waals surface area (Å²) in [7, 11) is 3.34. The van der Waals surface area contributed by atoms with Gasteiger partial charge in [0.2, 0.25) is 0 Å². The van der Waals surface area contributed by atoms with Crippen molar-refractivity contribution >= 4 is 34.4 Å². The SMILES string of the molecule is COC(=O)[C@H](C)Oc1cc(Cl)cc(Cc2c(C)n(C)c3cc(C(=O)N[C@@H](C)c4ccc(C(C)(C)C)cc4)ccc23)c1. The average molecular weight is 575 g/mol. The van der Waals surface area contributed by atoms with E-state index in [-0.39, 0.29) is 17.4 Å². The van der Waals surface area contributed by atoms with Crippen molar-refractivity contribution in [3.63, 3.8) is 0 Å². The quantitative estimate of drug-likeness (QED) is 0.222. The van der Waals surface area contributed by atoms with Gasteiger partial charge in [-0.1, -0.05) is 62.7 Å². The Morgan fingerprint density at radius 2 is 1.68 bits per heavy atom. The van der Waals surface area contributed by atoms with Crippen molar-refractivity contribution in [3.8, 4) is 5.75 Å². The number of hydrogen-bond acceptors (Lipinski definition) is 4. The van der Waals surface area contributed by atoms with Crippen molar-refractivity contribution in [1.29, 1.82) is 0 Å². The number of halogens is 1. The highest BCUT2D eigenvalue weighted by Crippen LogP contribution is 2.31. The van der Waals surface area contributed by atoms with Crippen LogP contribution < -0.4 is 10.1 Å². The first-order valence-electron chi connectivity index (χ1n) is 13.8. The normalized spacial score (nSPS) is 13.1. The van der Waals surface area contributed by atoms with E-state index >= 15 is 0 Å². The first-order chi connectivity index (χ1) is 19.3. The molecule has 0 aliphatic rings. The lowest BCUT2D eigenvalue weighted by Crippen LogP contribution is -2.26. The van der Waals surface area contributed by atoms with Gasteiger partial charge in [-0.05, 0) is 78.8 Å². The molecule has 1 aromatic heterocycles. The monoisotopic (exact) mass is 574 g/mol. The highest BCUT2D eigenvalue weighted by molar-refractivity contribution is 6.30. The summed E-state index contributed by atoms with van der Waals surface area (Å²) in [4.78, 5) is 25.1. The molecular formula is C34H39ClN2O4. The molecule has 3 aromatic carbocycles. The molecule has 4 aromatic rings. The second-order valence-electron chi connectivity index (χ2n) is 11.7. The van der Waals surface area contributed by atoms with E-state index in [1.54, 1.807) is 13.0 Å².